The van der Waals surface area contributed by atoms with Crippen molar-refractivity contribution in [3.63, 3.8) is 0 Å². The first-order valence-corrected chi connectivity index (χ1v) is 13.5. The summed E-state index contributed by atoms with van der Waals surface area (Å²) in [6.45, 7) is 4.98. The van der Waals surface area contributed by atoms with Crippen LogP contribution in [0, 0.1) is 22.1 Å². The Labute approximate surface area is 240 Å². The van der Waals surface area contributed by atoms with Crippen molar-refractivity contribution in [2.24, 2.45) is 11.1 Å². The highest BCUT2D eigenvalue weighted by atomic mass is 35.5. The van der Waals surface area contributed by atoms with Crippen LogP contribution in [0.5, 0.6) is 0 Å². The molecular formula is C29H27Cl2FN4O4. The van der Waals surface area contributed by atoms with Crippen LogP contribution in [0.3, 0.4) is 0 Å². The van der Waals surface area contributed by atoms with E-state index < -0.39 is 29.8 Å². The molecule has 0 radical (unpaired) electrons. The fourth-order valence-electron chi connectivity index (χ4n) is 5.86. The van der Waals surface area contributed by atoms with E-state index in [0.717, 1.165) is 0 Å². The maximum absolute atomic E-state index is 15.7. The molecule has 0 bridgehead atoms. The molecule has 2 aliphatic heterocycles. The minimum atomic E-state index is -1.13. The standard InChI is InChI=1S/C29H27Cl2FN4O4/c1-14(2)12-36-23-13-40-28(17-8-6-15(29(37)38)10-21(17)33)34-26(23)24(19-4-3-5-20(31)25(19)32)27(36)18-9-7-16(30)11-22(18)35-39/h3-11,14,23-24,26-27,33-34H,12-13H2,1-2H3,(H,37,38)/b28-17+,33-21?/t23-,24?,26+,27?/m1/s1. The van der Waals surface area contributed by atoms with Crippen molar-refractivity contribution in [3.05, 3.63) is 104 Å². The smallest absolute Gasteiger partial charge is 0.335 e. The van der Waals surface area contributed by atoms with Gasteiger partial charge in [0.1, 0.15) is 18.1 Å². The summed E-state index contributed by atoms with van der Waals surface area (Å²) in [6.07, 6.45) is 4.19. The van der Waals surface area contributed by atoms with Crippen molar-refractivity contribution in [3.8, 4) is 0 Å². The third kappa shape index (κ3) is 5.05. The molecule has 208 valence electrons. The number of fused-ring (bicyclic) bond motifs is 1. The largest absolute Gasteiger partial charge is 0.478 e. The van der Waals surface area contributed by atoms with Gasteiger partial charge in [-0.1, -0.05) is 55.2 Å². The molecule has 3 N–H and O–H groups in total. The van der Waals surface area contributed by atoms with E-state index in [-0.39, 0.29) is 40.6 Å². The van der Waals surface area contributed by atoms with Gasteiger partial charge in [-0.15, -0.1) is 4.91 Å². The number of allylic oxidation sites excluding steroid dienone is 3. The SMILES string of the molecule is CC(C)CN1C(c2ccc(Cl)cc2N=O)C(c2cccc(Cl)c2F)[C@H]2N/C(=C3/C=CC(C(=O)O)=CC3=N)OC[C@H]21. The minimum Gasteiger partial charge on any atom is -0.478 e. The van der Waals surface area contributed by atoms with Crippen molar-refractivity contribution in [1.29, 1.82) is 5.41 Å². The second kappa shape index (κ2) is 11.2. The Hall–Kier alpha value is -3.53. The molecule has 4 atom stereocenters. The summed E-state index contributed by atoms with van der Waals surface area (Å²) in [7, 11) is 0. The van der Waals surface area contributed by atoms with E-state index in [1.54, 1.807) is 24.3 Å². The Kier molecular flexibility index (Phi) is 7.81. The van der Waals surface area contributed by atoms with Gasteiger partial charge in [0.15, 0.2) is 5.88 Å². The number of aliphatic carboxylic acids is 1. The van der Waals surface area contributed by atoms with Gasteiger partial charge in [0.2, 0.25) is 0 Å². The van der Waals surface area contributed by atoms with E-state index >= 15 is 4.39 Å². The Morgan fingerprint density at radius 1 is 1.25 bits per heavy atom. The molecule has 0 spiro atoms. The molecule has 0 amide bonds. The molecule has 5 rings (SSSR count). The van der Waals surface area contributed by atoms with Crippen LogP contribution in [0.2, 0.25) is 10.0 Å². The fraction of sp³-hybridized carbons (Fsp3) is 0.310. The molecule has 2 heterocycles. The van der Waals surface area contributed by atoms with Crippen LogP contribution in [0.1, 0.15) is 36.9 Å². The van der Waals surface area contributed by atoms with Crippen LogP contribution >= 0.6 is 23.2 Å². The fourth-order valence-corrected chi connectivity index (χ4v) is 6.21. The number of nitrogens with zero attached hydrogens (tertiary/aromatic N) is 2. The molecule has 0 saturated carbocycles. The number of ether oxygens (including phenoxy) is 1. The van der Waals surface area contributed by atoms with E-state index in [2.05, 4.69) is 29.2 Å². The summed E-state index contributed by atoms with van der Waals surface area (Å²) < 4.78 is 21.9. The van der Waals surface area contributed by atoms with Gasteiger partial charge in [-0.05, 0) is 58.6 Å². The summed E-state index contributed by atoms with van der Waals surface area (Å²) in [4.78, 5) is 25.6. The van der Waals surface area contributed by atoms with Gasteiger partial charge in [0, 0.05) is 23.5 Å². The summed E-state index contributed by atoms with van der Waals surface area (Å²) in [5.41, 5.74) is 1.49. The zero-order valence-electron chi connectivity index (χ0n) is 21.7. The van der Waals surface area contributed by atoms with Crippen molar-refractivity contribution < 1.29 is 19.0 Å². The molecule has 1 aliphatic carbocycles. The number of halogens is 3. The van der Waals surface area contributed by atoms with Gasteiger partial charge in [0.25, 0.3) is 0 Å². The number of hydrogen-bond acceptors (Lipinski definition) is 7. The molecule has 0 aromatic heterocycles. The van der Waals surface area contributed by atoms with Gasteiger partial charge in [-0.3, -0.25) is 4.90 Å². The lowest BCUT2D eigenvalue weighted by molar-refractivity contribution is -0.132. The Morgan fingerprint density at radius 2 is 2.02 bits per heavy atom. The Morgan fingerprint density at radius 3 is 2.70 bits per heavy atom. The van der Waals surface area contributed by atoms with Crippen LogP contribution in [0.4, 0.5) is 10.1 Å². The molecule has 2 unspecified atom stereocenters. The molecule has 11 heteroatoms. The second-order valence-corrected chi connectivity index (χ2v) is 11.3. The molecular weight excluding hydrogens is 558 g/mol. The van der Waals surface area contributed by atoms with Crippen LogP contribution in [0.15, 0.2) is 76.8 Å². The second-order valence-electron chi connectivity index (χ2n) is 10.4. The predicted octanol–water partition coefficient (Wildman–Crippen LogP) is 6.50. The van der Waals surface area contributed by atoms with Gasteiger partial charge in [0.05, 0.1) is 34.0 Å². The van der Waals surface area contributed by atoms with Crippen molar-refractivity contribution in [2.45, 2.75) is 37.9 Å². The maximum Gasteiger partial charge on any atom is 0.335 e. The highest BCUT2D eigenvalue weighted by Gasteiger charge is 2.54. The first kappa shape index (κ1) is 28.0. The summed E-state index contributed by atoms with van der Waals surface area (Å²) in [5.74, 6) is -1.72. The average Bonchev–Trinajstić information content (AvgIpc) is 3.22. The summed E-state index contributed by atoms with van der Waals surface area (Å²) in [6, 6.07) is 8.64. The first-order valence-electron chi connectivity index (χ1n) is 12.8. The van der Waals surface area contributed by atoms with E-state index in [1.165, 1.54) is 30.4 Å². The number of benzene rings is 2. The number of nitroso groups, excluding NO2 is 1. The van der Waals surface area contributed by atoms with Gasteiger partial charge in [-0.2, -0.15) is 0 Å². The van der Waals surface area contributed by atoms with E-state index in [4.69, 9.17) is 33.3 Å². The highest BCUT2D eigenvalue weighted by Crippen LogP contribution is 2.52. The molecule has 2 aromatic rings. The number of carboxylic acid groups (broad SMARTS) is 1. The van der Waals surface area contributed by atoms with Crippen LogP contribution < -0.4 is 5.32 Å². The summed E-state index contributed by atoms with van der Waals surface area (Å²) in [5, 5.41) is 24.8. The highest BCUT2D eigenvalue weighted by molar-refractivity contribution is 6.31. The monoisotopic (exact) mass is 584 g/mol. The lowest BCUT2D eigenvalue weighted by atomic mass is 9.82. The Balaban J connectivity index is 1.67. The third-order valence-electron chi connectivity index (χ3n) is 7.46. The lowest BCUT2D eigenvalue weighted by Gasteiger charge is -2.37. The van der Waals surface area contributed by atoms with Crippen molar-refractivity contribution in [2.75, 3.05) is 13.2 Å². The van der Waals surface area contributed by atoms with Gasteiger partial charge < -0.3 is 20.6 Å². The number of hydrogen-bond donors (Lipinski definition) is 3. The van der Waals surface area contributed by atoms with Crippen molar-refractivity contribution in [1.82, 2.24) is 10.2 Å². The summed E-state index contributed by atoms with van der Waals surface area (Å²) >= 11 is 12.4. The van der Waals surface area contributed by atoms with E-state index in [0.29, 0.717) is 34.2 Å². The Bertz CT molecular complexity index is 1490. The lowest BCUT2D eigenvalue weighted by Crippen LogP contribution is -2.52. The zero-order chi connectivity index (χ0) is 28.7. The van der Waals surface area contributed by atoms with Gasteiger partial charge in [-0.25, -0.2) is 9.18 Å². The molecule has 2 aromatic carbocycles. The quantitative estimate of drug-likeness (QED) is 0.334. The first-order chi connectivity index (χ1) is 19.1. The number of carboxylic acids is 1. The number of carbonyl (C=O) groups is 1. The number of rotatable bonds is 6. The van der Waals surface area contributed by atoms with Crippen LogP contribution in [0.25, 0.3) is 0 Å². The molecule has 8 nitrogen and oxygen atoms in total. The molecule has 3 aliphatic rings. The minimum absolute atomic E-state index is 0.0115. The van der Waals surface area contributed by atoms with Gasteiger partial charge >= 0.3 is 5.97 Å². The third-order valence-corrected chi connectivity index (χ3v) is 7.99. The predicted molar refractivity (Wildman–Crippen MR) is 152 cm³/mol. The van der Waals surface area contributed by atoms with Crippen LogP contribution in [-0.4, -0.2) is 46.9 Å². The van der Waals surface area contributed by atoms with Crippen LogP contribution in [-0.2, 0) is 9.53 Å². The normalized spacial score (nSPS) is 26.2. The maximum atomic E-state index is 15.7. The number of nitrogens with one attached hydrogen (secondary N) is 2. The average molecular weight is 585 g/mol. The van der Waals surface area contributed by atoms with Crippen molar-refractivity contribution >= 4 is 40.6 Å². The zero-order valence-corrected chi connectivity index (χ0v) is 23.2. The molecule has 2 saturated heterocycles. The van der Waals surface area contributed by atoms with E-state index in [9.17, 15) is 14.8 Å². The number of likely N-dealkylation sites (tertiary alicyclic amines) is 1. The molecule has 2 fully saturated rings. The van der Waals surface area contributed by atoms with E-state index in [1.807, 2.05) is 0 Å². The molecule has 40 heavy (non-hydrogen) atoms. The topological polar surface area (TPSA) is 115 Å².